The fourth-order valence-electron chi connectivity index (χ4n) is 2.23. The van der Waals surface area contributed by atoms with Crippen LogP contribution in [0.25, 0.3) is 0 Å². The molecule has 7 nitrogen and oxygen atoms in total. The molecule has 0 amide bonds. The van der Waals surface area contributed by atoms with E-state index in [-0.39, 0.29) is 30.4 Å². The van der Waals surface area contributed by atoms with Crippen LogP contribution >= 0.6 is 0 Å². The molecule has 1 saturated heterocycles. The second kappa shape index (κ2) is 6.14. The van der Waals surface area contributed by atoms with Gasteiger partial charge in [0.2, 0.25) is 0 Å². The summed E-state index contributed by atoms with van der Waals surface area (Å²) < 4.78 is 8.30. The van der Waals surface area contributed by atoms with E-state index in [0.717, 1.165) is 17.7 Å². The molecular weight excluding hydrogens is 248 g/mol. The van der Waals surface area contributed by atoms with Gasteiger partial charge in [0.05, 0.1) is 19.3 Å². The Bertz CT molecular complexity index is 537. The third-order valence-corrected chi connectivity index (χ3v) is 3.23. The molecule has 1 atom stereocenters. The molecule has 0 saturated carbocycles. The van der Waals surface area contributed by atoms with E-state index < -0.39 is 0 Å². The first-order valence-corrected chi connectivity index (χ1v) is 6.42. The van der Waals surface area contributed by atoms with Gasteiger partial charge in [-0.3, -0.25) is 13.9 Å². The molecule has 1 aromatic rings. The van der Waals surface area contributed by atoms with Gasteiger partial charge in [-0.15, -0.1) is 0 Å². The molecule has 2 N–H and O–H groups in total. The van der Waals surface area contributed by atoms with Crippen molar-refractivity contribution < 1.29 is 4.74 Å². The number of rotatable bonds is 4. The third-order valence-electron chi connectivity index (χ3n) is 3.23. The van der Waals surface area contributed by atoms with Gasteiger partial charge in [-0.2, -0.15) is 0 Å². The van der Waals surface area contributed by atoms with E-state index in [2.05, 4.69) is 4.90 Å². The average molecular weight is 268 g/mol. The molecule has 106 valence electrons. The zero-order valence-corrected chi connectivity index (χ0v) is 11.1. The molecule has 1 unspecified atom stereocenters. The minimum Gasteiger partial charge on any atom is -0.374 e. The Morgan fingerprint density at radius 1 is 1.47 bits per heavy atom. The molecule has 2 rings (SSSR count). The predicted octanol–water partition coefficient (Wildman–Crippen LogP) is -1.70. The Morgan fingerprint density at radius 2 is 2.26 bits per heavy atom. The van der Waals surface area contributed by atoms with Crippen LogP contribution in [0.5, 0.6) is 0 Å². The van der Waals surface area contributed by atoms with Gasteiger partial charge in [-0.25, -0.2) is 4.79 Å². The quantitative estimate of drug-likeness (QED) is 0.704. The molecule has 7 heteroatoms. The Hall–Kier alpha value is -1.44. The molecule has 0 spiro atoms. The molecule has 0 bridgehead atoms. The maximum atomic E-state index is 12.1. The first-order valence-electron chi connectivity index (χ1n) is 6.42. The molecule has 19 heavy (non-hydrogen) atoms. The van der Waals surface area contributed by atoms with Crippen molar-refractivity contribution in [2.45, 2.75) is 19.2 Å². The second-order valence-electron chi connectivity index (χ2n) is 4.78. The normalized spacial score (nSPS) is 20.6. The van der Waals surface area contributed by atoms with Crippen molar-refractivity contribution >= 4 is 0 Å². The third kappa shape index (κ3) is 3.31. The smallest absolute Gasteiger partial charge is 0.331 e. The van der Waals surface area contributed by atoms with Gasteiger partial charge in [0.25, 0.3) is 5.56 Å². The minimum absolute atomic E-state index is 0.0275. The summed E-state index contributed by atoms with van der Waals surface area (Å²) in [6.45, 7) is 3.30. The lowest BCUT2D eigenvalue weighted by Gasteiger charge is -2.30. The van der Waals surface area contributed by atoms with E-state index in [1.54, 1.807) is 0 Å². The summed E-state index contributed by atoms with van der Waals surface area (Å²) in [4.78, 5) is 25.9. The van der Waals surface area contributed by atoms with Crippen molar-refractivity contribution in [1.29, 1.82) is 0 Å². The van der Waals surface area contributed by atoms with E-state index in [1.165, 1.54) is 16.8 Å². The van der Waals surface area contributed by atoms with Crippen molar-refractivity contribution in [2.24, 2.45) is 5.73 Å². The summed E-state index contributed by atoms with van der Waals surface area (Å²) in [5, 5.41) is 0. The van der Waals surface area contributed by atoms with Crippen LogP contribution in [0.15, 0.2) is 21.9 Å². The van der Waals surface area contributed by atoms with Crippen molar-refractivity contribution in [2.75, 3.05) is 33.3 Å². The number of nitrogens with zero attached hydrogens (tertiary/aromatic N) is 3. The number of ether oxygens (including phenoxy) is 1. The molecule has 0 aromatic carbocycles. The summed E-state index contributed by atoms with van der Waals surface area (Å²) in [6.07, 6.45) is 1.50. The summed E-state index contributed by atoms with van der Waals surface area (Å²) in [7, 11) is 2.02. The zero-order chi connectivity index (χ0) is 13.8. The van der Waals surface area contributed by atoms with E-state index in [0.29, 0.717) is 13.2 Å². The van der Waals surface area contributed by atoms with E-state index in [4.69, 9.17) is 10.5 Å². The van der Waals surface area contributed by atoms with Crippen LogP contribution in [0.3, 0.4) is 0 Å². The second-order valence-corrected chi connectivity index (χ2v) is 4.78. The van der Waals surface area contributed by atoms with Gasteiger partial charge in [-0.05, 0) is 7.05 Å². The van der Waals surface area contributed by atoms with E-state index in [1.807, 2.05) is 7.05 Å². The summed E-state index contributed by atoms with van der Waals surface area (Å²) in [6, 6.07) is 1.39. The highest BCUT2D eigenvalue weighted by Crippen LogP contribution is 2.04. The number of nitrogens with two attached hydrogens (primary N) is 1. The van der Waals surface area contributed by atoms with Crippen LogP contribution in [-0.4, -0.2) is 53.4 Å². The fourth-order valence-corrected chi connectivity index (χ4v) is 2.23. The Labute approximate surface area is 111 Å². The summed E-state index contributed by atoms with van der Waals surface area (Å²) in [5.41, 5.74) is 4.78. The highest BCUT2D eigenvalue weighted by molar-refractivity contribution is 4.87. The lowest BCUT2D eigenvalue weighted by molar-refractivity contribution is -0.0282. The molecule has 1 aliphatic heterocycles. The fraction of sp³-hybridized carbons (Fsp3) is 0.667. The lowest BCUT2D eigenvalue weighted by Crippen LogP contribution is -2.46. The van der Waals surface area contributed by atoms with Crippen molar-refractivity contribution in [3.8, 4) is 0 Å². The summed E-state index contributed by atoms with van der Waals surface area (Å²) in [5.74, 6) is 0. The largest absolute Gasteiger partial charge is 0.374 e. The van der Waals surface area contributed by atoms with Crippen LogP contribution in [0.4, 0.5) is 0 Å². The Kier molecular flexibility index (Phi) is 4.52. The highest BCUT2D eigenvalue weighted by Gasteiger charge is 2.19. The number of hydrogen-bond donors (Lipinski definition) is 1. The molecule has 1 aliphatic rings. The lowest BCUT2D eigenvalue weighted by atomic mass is 10.3. The number of likely N-dealkylation sites (N-methyl/N-ethyl adjacent to an activating group) is 1. The van der Waals surface area contributed by atoms with Crippen molar-refractivity contribution in [1.82, 2.24) is 14.0 Å². The van der Waals surface area contributed by atoms with Crippen LogP contribution < -0.4 is 17.0 Å². The maximum absolute atomic E-state index is 12.1. The van der Waals surface area contributed by atoms with Gasteiger partial charge < -0.3 is 15.4 Å². The first-order chi connectivity index (χ1) is 9.11. The molecule has 2 heterocycles. The van der Waals surface area contributed by atoms with Crippen LogP contribution in [0, 0.1) is 0 Å². The minimum atomic E-state index is -0.324. The maximum Gasteiger partial charge on any atom is 0.331 e. The molecule has 1 aromatic heterocycles. The molecule has 1 fully saturated rings. The van der Waals surface area contributed by atoms with Gasteiger partial charge in [-0.1, -0.05) is 0 Å². The Morgan fingerprint density at radius 3 is 2.95 bits per heavy atom. The average Bonchev–Trinajstić information content (AvgIpc) is 2.38. The van der Waals surface area contributed by atoms with Crippen molar-refractivity contribution in [3.63, 3.8) is 0 Å². The predicted molar refractivity (Wildman–Crippen MR) is 71.3 cm³/mol. The van der Waals surface area contributed by atoms with Crippen LogP contribution in [0.2, 0.25) is 0 Å². The zero-order valence-electron chi connectivity index (χ0n) is 11.1. The number of morpholine rings is 1. The standard InChI is InChI=1S/C12H20N4O3/c1-14-6-7-19-10(8-14)9-15-4-2-11(17)16(5-3-13)12(15)18/h2,4,10H,3,5-9,13H2,1H3. The highest BCUT2D eigenvalue weighted by atomic mass is 16.5. The SMILES string of the molecule is CN1CCOC(Cn2ccc(=O)n(CCN)c2=O)C1. The van der Waals surface area contributed by atoms with Gasteiger partial charge in [0, 0.05) is 38.4 Å². The van der Waals surface area contributed by atoms with Gasteiger partial charge >= 0.3 is 5.69 Å². The Balaban J connectivity index is 2.18. The topological polar surface area (TPSA) is 82.5 Å². The van der Waals surface area contributed by atoms with Gasteiger partial charge in [0.15, 0.2) is 0 Å². The number of hydrogen-bond acceptors (Lipinski definition) is 5. The van der Waals surface area contributed by atoms with E-state index in [9.17, 15) is 9.59 Å². The molecule has 0 aliphatic carbocycles. The number of aromatic nitrogens is 2. The van der Waals surface area contributed by atoms with E-state index >= 15 is 0 Å². The first kappa shape index (κ1) is 14.0. The van der Waals surface area contributed by atoms with Crippen molar-refractivity contribution in [3.05, 3.63) is 33.1 Å². The summed E-state index contributed by atoms with van der Waals surface area (Å²) >= 11 is 0. The van der Waals surface area contributed by atoms with Crippen LogP contribution in [-0.2, 0) is 17.8 Å². The molecular formula is C12H20N4O3. The van der Waals surface area contributed by atoms with Gasteiger partial charge in [0.1, 0.15) is 0 Å². The molecule has 0 radical (unpaired) electrons. The van der Waals surface area contributed by atoms with Crippen LogP contribution in [0.1, 0.15) is 0 Å². The monoisotopic (exact) mass is 268 g/mol.